The van der Waals surface area contributed by atoms with Gasteiger partial charge in [-0.2, -0.15) is 5.10 Å². The highest BCUT2D eigenvalue weighted by atomic mass is 35.5. The fraction of sp³-hybridized carbons (Fsp3) is 0.176. The van der Waals surface area contributed by atoms with E-state index in [1.54, 1.807) is 4.40 Å². The van der Waals surface area contributed by atoms with Crippen LogP contribution in [0.3, 0.4) is 0 Å². The largest absolute Gasteiger partial charge is 0.347 e. The molecular weight excluding hydrogens is 312 g/mol. The van der Waals surface area contributed by atoms with Gasteiger partial charge in [0.25, 0.3) is 0 Å². The maximum atomic E-state index is 12.0. The van der Waals surface area contributed by atoms with Crippen LogP contribution in [0.4, 0.5) is 0 Å². The van der Waals surface area contributed by atoms with Gasteiger partial charge in [0.15, 0.2) is 5.65 Å². The number of aryl methyl sites for hydroxylation is 1. The third-order valence-corrected chi connectivity index (χ3v) is 4.37. The summed E-state index contributed by atoms with van der Waals surface area (Å²) >= 11 is 5.55. The Morgan fingerprint density at radius 1 is 1.17 bits per heavy atom. The molecule has 0 aliphatic carbocycles. The number of nitrogens with one attached hydrogen (secondary N) is 2. The first kappa shape index (κ1) is 14.2. The van der Waals surface area contributed by atoms with Crippen molar-refractivity contribution >= 4 is 39.0 Å². The number of pyridine rings is 1. The number of nitrogens with zero attached hydrogens (tertiary/aromatic N) is 2. The van der Waals surface area contributed by atoms with E-state index in [0.29, 0.717) is 5.65 Å². The lowest BCUT2D eigenvalue weighted by Crippen LogP contribution is -2.10. The molecule has 0 amide bonds. The monoisotopic (exact) mass is 326 g/mol. The zero-order valence-corrected chi connectivity index (χ0v) is 13.1. The van der Waals surface area contributed by atoms with Gasteiger partial charge in [0.05, 0.1) is 0 Å². The average Bonchev–Trinajstić information content (AvgIpc) is 2.95. The third kappa shape index (κ3) is 2.38. The lowest BCUT2D eigenvalue weighted by Gasteiger charge is -2.09. The SMILES string of the molecule is O=c1[nH]nc2c3cc4ccccc4cc3c(CCCNCl)cn12. The van der Waals surface area contributed by atoms with Crippen molar-refractivity contribution in [1.29, 1.82) is 0 Å². The van der Waals surface area contributed by atoms with Crippen LogP contribution in [0.2, 0.25) is 0 Å². The van der Waals surface area contributed by atoms with Gasteiger partial charge in [-0.05, 0) is 58.5 Å². The average molecular weight is 327 g/mol. The minimum Gasteiger partial charge on any atom is -0.250 e. The first-order valence-corrected chi connectivity index (χ1v) is 7.90. The van der Waals surface area contributed by atoms with Crippen LogP contribution in [-0.2, 0) is 6.42 Å². The van der Waals surface area contributed by atoms with Gasteiger partial charge >= 0.3 is 5.69 Å². The minimum absolute atomic E-state index is 0.216. The van der Waals surface area contributed by atoms with Crippen molar-refractivity contribution in [3.8, 4) is 0 Å². The van der Waals surface area contributed by atoms with Gasteiger partial charge in [0.2, 0.25) is 0 Å². The highest BCUT2D eigenvalue weighted by Crippen LogP contribution is 2.28. The standard InChI is InChI=1S/C17H15ClN4O/c18-19-7-3-6-13-10-22-16(20-21-17(22)23)15-9-12-5-2-1-4-11(12)8-14(13)15/h1-2,4-5,8-10,19H,3,6-7H2,(H,21,23). The smallest absolute Gasteiger partial charge is 0.250 e. The Morgan fingerprint density at radius 2 is 1.91 bits per heavy atom. The summed E-state index contributed by atoms with van der Waals surface area (Å²) < 4.78 is 1.58. The number of fused-ring (bicyclic) bond motifs is 4. The van der Waals surface area contributed by atoms with E-state index in [0.717, 1.165) is 41.1 Å². The number of benzene rings is 2. The molecule has 2 aromatic carbocycles. The van der Waals surface area contributed by atoms with Gasteiger partial charge < -0.3 is 0 Å². The van der Waals surface area contributed by atoms with Gasteiger partial charge in [-0.1, -0.05) is 24.3 Å². The number of aromatic amines is 1. The Kier molecular flexibility index (Phi) is 3.52. The fourth-order valence-corrected chi connectivity index (χ4v) is 3.21. The maximum absolute atomic E-state index is 12.0. The van der Waals surface area contributed by atoms with Crippen LogP contribution in [0.25, 0.3) is 27.2 Å². The molecule has 0 fully saturated rings. The second-order valence-corrected chi connectivity index (χ2v) is 5.88. The highest BCUT2D eigenvalue weighted by molar-refractivity contribution is 6.13. The van der Waals surface area contributed by atoms with Gasteiger partial charge in [-0.15, -0.1) is 0 Å². The molecule has 5 nitrogen and oxygen atoms in total. The predicted molar refractivity (Wildman–Crippen MR) is 93.0 cm³/mol. The number of aromatic nitrogens is 3. The second-order valence-electron chi connectivity index (χ2n) is 5.61. The van der Waals surface area contributed by atoms with Crippen molar-refractivity contribution < 1.29 is 0 Å². The van der Waals surface area contributed by atoms with E-state index in [2.05, 4.69) is 39.3 Å². The third-order valence-electron chi connectivity index (χ3n) is 4.18. The molecule has 0 spiro atoms. The van der Waals surface area contributed by atoms with Crippen molar-refractivity contribution in [3.05, 3.63) is 58.6 Å². The van der Waals surface area contributed by atoms with Crippen molar-refractivity contribution in [2.24, 2.45) is 0 Å². The summed E-state index contributed by atoms with van der Waals surface area (Å²) in [6.45, 7) is 0.717. The molecule has 2 aromatic heterocycles. The zero-order valence-electron chi connectivity index (χ0n) is 12.3. The summed E-state index contributed by atoms with van der Waals surface area (Å²) in [6.07, 6.45) is 3.61. The lowest BCUT2D eigenvalue weighted by molar-refractivity contribution is 0.791. The molecular formula is C17H15ClN4O. The van der Waals surface area contributed by atoms with E-state index in [9.17, 15) is 4.79 Å². The van der Waals surface area contributed by atoms with Crippen LogP contribution in [0.15, 0.2) is 47.4 Å². The summed E-state index contributed by atoms with van der Waals surface area (Å²) in [6, 6.07) is 12.5. The summed E-state index contributed by atoms with van der Waals surface area (Å²) in [5.41, 5.74) is 1.57. The molecule has 2 N–H and O–H groups in total. The highest BCUT2D eigenvalue weighted by Gasteiger charge is 2.11. The molecule has 6 heteroatoms. The molecule has 0 saturated heterocycles. The number of rotatable bonds is 4. The van der Waals surface area contributed by atoms with Crippen LogP contribution in [0.1, 0.15) is 12.0 Å². The maximum Gasteiger partial charge on any atom is 0.347 e. The summed E-state index contributed by atoms with van der Waals surface area (Å²) in [7, 11) is 0. The van der Waals surface area contributed by atoms with E-state index in [1.807, 2.05) is 18.3 Å². The summed E-state index contributed by atoms with van der Waals surface area (Å²) in [5, 5.41) is 11.1. The van der Waals surface area contributed by atoms with Crippen LogP contribution >= 0.6 is 11.8 Å². The Hall–Kier alpha value is -2.37. The second kappa shape index (κ2) is 5.68. The molecule has 0 radical (unpaired) electrons. The Bertz CT molecular complexity index is 1070. The Morgan fingerprint density at radius 3 is 2.65 bits per heavy atom. The van der Waals surface area contributed by atoms with Crippen molar-refractivity contribution in [1.82, 2.24) is 19.4 Å². The molecule has 4 aromatic rings. The van der Waals surface area contributed by atoms with E-state index in [-0.39, 0.29) is 5.69 Å². The molecule has 116 valence electrons. The van der Waals surface area contributed by atoms with Gasteiger partial charge in [0.1, 0.15) is 0 Å². The summed E-state index contributed by atoms with van der Waals surface area (Å²) in [5.74, 6) is 0. The van der Waals surface area contributed by atoms with Crippen LogP contribution in [0, 0.1) is 0 Å². The van der Waals surface area contributed by atoms with Crippen LogP contribution in [-0.4, -0.2) is 21.1 Å². The predicted octanol–water partition coefficient (Wildman–Crippen LogP) is 3.01. The van der Waals surface area contributed by atoms with Crippen LogP contribution in [0.5, 0.6) is 0 Å². The van der Waals surface area contributed by atoms with E-state index in [4.69, 9.17) is 11.8 Å². The first-order valence-electron chi connectivity index (χ1n) is 7.52. The molecule has 23 heavy (non-hydrogen) atoms. The van der Waals surface area contributed by atoms with Crippen molar-refractivity contribution in [3.63, 3.8) is 0 Å². The van der Waals surface area contributed by atoms with Gasteiger partial charge in [-0.3, -0.25) is 0 Å². The molecule has 0 unspecified atom stereocenters. The number of hydrogen-bond donors (Lipinski definition) is 2. The normalized spacial score (nSPS) is 11.7. The molecule has 4 rings (SSSR count). The van der Waals surface area contributed by atoms with Crippen molar-refractivity contribution in [2.45, 2.75) is 12.8 Å². The number of halogens is 1. The molecule has 0 saturated carbocycles. The Labute approximate surface area is 137 Å². The molecule has 0 atom stereocenters. The zero-order chi connectivity index (χ0) is 15.8. The van der Waals surface area contributed by atoms with E-state index >= 15 is 0 Å². The molecule has 0 aliphatic rings. The molecule has 0 bridgehead atoms. The van der Waals surface area contributed by atoms with Crippen molar-refractivity contribution in [2.75, 3.05) is 6.54 Å². The fourth-order valence-electron chi connectivity index (χ4n) is 3.08. The van der Waals surface area contributed by atoms with Gasteiger partial charge in [-0.25, -0.2) is 19.1 Å². The molecule has 0 aliphatic heterocycles. The number of H-pyrrole nitrogens is 1. The van der Waals surface area contributed by atoms with Gasteiger partial charge in [0, 0.05) is 18.1 Å². The quantitative estimate of drug-likeness (QED) is 0.344. The first-order chi connectivity index (χ1) is 11.3. The minimum atomic E-state index is -0.216. The van der Waals surface area contributed by atoms with E-state index < -0.39 is 0 Å². The number of hydrogen-bond acceptors (Lipinski definition) is 3. The van der Waals surface area contributed by atoms with E-state index in [1.165, 1.54) is 5.39 Å². The molecule has 2 heterocycles. The van der Waals surface area contributed by atoms with Crippen LogP contribution < -0.4 is 10.5 Å². The Balaban J connectivity index is 2.05. The summed E-state index contributed by atoms with van der Waals surface area (Å²) in [4.78, 5) is 14.6. The lowest BCUT2D eigenvalue weighted by atomic mass is 9.99. The topological polar surface area (TPSA) is 62.2 Å².